The number of primary amides is 1. The Morgan fingerprint density at radius 3 is 2.11 bits per heavy atom. The normalized spacial score (nSPS) is 17.9. The number of hydrogen-bond acceptors (Lipinski definition) is 6. The molecule has 1 fully saturated rings. The molecular formula is C28H29N3O5S2. The van der Waals surface area contributed by atoms with Gasteiger partial charge in [0.1, 0.15) is 0 Å². The number of hydrogen-bond donors (Lipinski definition) is 2. The number of ketones is 1. The van der Waals surface area contributed by atoms with E-state index in [0.29, 0.717) is 22.4 Å². The van der Waals surface area contributed by atoms with E-state index in [1.165, 1.54) is 17.0 Å². The molecule has 0 saturated carbocycles. The van der Waals surface area contributed by atoms with E-state index in [0.717, 1.165) is 6.26 Å². The zero-order valence-corrected chi connectivity index (χ0v) is 22.9. The van der Waals surface area contributed by atoms with Crippen LogP contribution in [0.25, 0.3) is 6.08 Å². The molecule has 1 aliphatic rings. The maximum absolute atomic E-state index is 13.3. The molecule has 0 bridgehead atoms. The van der Waals surface area contributed by atoms with Gasteiger partial charge in [0.25, 0.3) is 5.24 Å². The number of rotatable bonds is 4. The van der Waals surface area contributed by atoms with E-state index in [-0.39, 0.29) is 23.1 Å². The number of sulfone groups is 1. The van der Waals surface area contributed by atoms with Crippen LogP contribution in [0.2, 0.25) is 0 Å². The highest BCUT2D eigenvalue weighted by Gasteiger charge is 2.48. The summed E-state index contributed by atoms with van der Waals surface area (Å²) >= 11 is 4.03. The summed E-state index contributed by atoms with van der Waals surface area (Å²) in [5.41, 5.74) is 6.37. The molecule has 1 saturated heterocycles. The highest BCUT2D eigenvalue weighted by molar-refractivity contribution is 7.96. The Morgan fingerprint density at radius 1 is 1.03 bits per heavy atom. The van der Waals surface area contributed by atoms with E-state index in [1.807, 2.05) is 12.1 Å². The van der Waals surface area contributed by atoms with Gasteiger partial charge in [-0.25, -0.2) is 8.42 Å². The molecule has 2 N–H and O–H groups in total. The molecule has 10 heteroatoms. The fourth-order valence-corrected chi connectivity index (χ4v) is 5.12. The molecule has 2 amide bonds. The monoisotopic (exact) mass is 551 g/mol. The predicted octanol–water partition coefficient (Wildman–Crippen LogP) is 4.36. The summed E-state index contributed by atoms with van der Waals surface area (Å²) < 4.78 is 23.5. The molecular weight excluding hydrogens is 522 g/mol. The van der Waals surface area contributed by atoms with Gasteiger partial charge in [0.05, 0.1) is 28.6 Å². The van der Waals surface area contributed by atoms with E-state index < -0.39 is 26.5 Å². The van der Waals surface area contributed by atoms with Crippen molar-refractivity contribution >= 4 is 45.5 Å². The summed E-state index contributed by atoms with van der Waals surface area (Å²) in [5, 5.41) is -0.463. The van der Waals surface area contributed by atoms with Crippen LogP contribution in [0.15, 0.2) is 89.5 Å². The molecule has 1 aliphatic heterocycles. The van der Waals surface area contributed by atoms with Gasteiger partial charge in [0.2, 0.25) is 5.91 Å². The number of Topliss-reactive ketones (excluding diaryl/α,β-unsaturated/α-hetero) is 1. The first-order valence-corrected chi connectivity index (χ1v) is 14.0. The number of pyridine rings is 1. The lowest BCUT2D eigenvalue weighted by Crippen LogP contribution is -2.51. The summed E-state index contributed by atoms with van der Waals surface area (Å²) in [6.07, 6.45) is 4.46. The minimum atomic E-state index is -3.34. The van der Waals surface area contributed by atoms with E-state index in [2.05, 4.69) is 17.6 Å². The quantitative estimate of drug-likeness (QED) is 0.366. The molecule has 0 radical (unpaired) electrons. The topological polar surface area (TPSA) is 128 Å². The zero-order valence-electron chi connectivity index (χ0n) is 21.2. The molecule has 4 rings (SSSR count). The van der Waals surface area contributed by atoms with Crippen molar-refractivity contribution in [1.29, 1.82) is 0 Å². The number of carbonyl (C=O) groups is 3. The summed E-state index contributed by atoms with van der Waals surface area (Å²) in [7, 11) is -3.34. The first kappa shape index (κ1) is 28.8. The predicted molar refractivity (Wildman–Crippen MR) is 149 cm³/mol. The van der Waals surface area contributed by atoms with Crippen LogP contribution < -0.4 is 5.73 Å². The number of benzene rings is 2. The maximum atomic E-state index is 13.3. The van der Waals surface area contributed by atoms with Gasteiger partial charge in [-0.1, -0.05) is 62.9 Å². The third-order valence-electron chi connectivity index (χ3n) is 6.15. The molecule has 1 atom stereocenters. The van der Waals surface area contributed by atoms with Gasteiger partial charge in [0.15, 0.2) is 15.6 Å². The van der Waals surface area contributed by atoms with Gasteiger partial charge in [-0.3, -0.25) is 19.4 Å². The van der Waals surface area contributed by atoms with Crippen molar-refractivity contribution < 1.29 is 22.8 Å². The molecule has 8 nitrogen and oxygen atoms in total. The molecule has 0 aliphatic carbocycles. The number of nitrogens with two attached hydrogens (primary N) is 1. The van der Waals surface area contributed by atoms with Crippen LogP contribution in [0.5, 0.6) is 0 Å². The molecule has 2 heterocycles. The number of likely N-dealkylation sites (tertiary alicyclic amines) is 1. The number of amides is 2. The van der Waals surface area contributed by atoms with Crippen LogP contribution >= 0.6 is 12.6 Å². The highest BCUT2D eigenvalue weighted by Crippen LogP contribution is 2.45. The van der Waals surface area contributed by atoms with Gasteiger partial charge in [-0.2, -0.15) is 0 Å². The fraction of sp³-hybridized carbons (Fsp3) is 0.214. The van der Waals surface area contributed by atoms with Crippen molar-refractivity contribution in [2.24, 2.45) is 11.1 Å². The summed E-state index contributed by atoms with van der Waals surface area (Å²) in [6.45, 7) is 3.65. The number of nitrogens with zero attached hydrogens (tertiary/aromatic N) is 2. The Morgan fingerprint density at radius 2 is 1.63 bits per heavy atom. The zero-order chi connectivity index (χ0) is 28.1. The minimum Gasteiger partial charge on any atom is -0.366 e. The van der Waals surface area contributed by atoms with Crippen molar-refractivity contribution in [2.75, 3.05) is 12.8 Å². The third-order valence-corrected chi connectivity index (χ3v) is 7.54. The number of piperidine rings is 1. The lowest BCUT2D eigenvalue weighted by Gasteiger charge is -2.46. The van der Waals surface area contributed by atoms with E-state index >= 15 is 0 Å². The molecule has 0 spiro atoms. The number of thiol groups is 1. The number of carbonyl (C=O) groups excluding carboxylic acids is 3. The second-order valence-electron chi connectivity index (χ2n) is 9.36. The maximum Gasteiger partial charge on any atom is 0.279 e. The first-order valence-electron chi connectivity index (χ1n) is 11.6. The van der Waals surface area contributed by atoms with Crippen LogP contribution in [0, 0.1) is 5.41 Å². The second-order valence-corrected chi connectivity index (χ2v) is 11.8. The Kier molecular flexibility index (Phi) is 8.90. The third kappa shape index (κ3) is 6.76. The molecule has 3 aromatic rings. The Bertz CT molecular complexity index is 1450. The fourth-order valence-electron chi connectivity index (χ4n) is 4.30. The average molecular weight is 552 g/mol. The summed E-state index contributed by atoms with van der Waals surface area (Å²) in [6, 6.07) is 19.9. The van der Waals surface area contributed by atoms with Gasteiger partial charge < -0.3 is 10.6 Å². The van der Waals surface area contributed by atoms with Gasteiger partial charge in [-0.05, 0) is 48.0 Å². The van der Waals surface area contributed by atoms with Crippen molar-refractivity contribution in [3.05, 3.63) is 101 Å². The van der Waals surface area contributed by atoms with Crippen LogP contribution in [-0.2, 0) is 14.6 Å². The molecule has 198 valence electrons. The lowest BCUT2D eigenvalue weighted by molar-refractivity contribution is -0.128. The van der Waals surface area contributed by atoms with Crippen LogP contribution in [0.3, 0.4) is 0 Å². The number of aromatic nitrogens is 1. The Hall–Kier alpha value is -3.76. The van der Waals surface area contributed by atoms with Gasteiger partial charge in [0, 0.05) is 23.6 Å². The largest absolute Gasteiger partial charge is 0.366 e. The first-order chi connectivity index (χ1) is 17.8. The van der Waals surface area contributed by atoms with E-state index in [9.17, 15) is 22.8 Å². The van der Waals surface area contributed by atoms with Crippen molar-refractivity contribution in [3.63, 3.8) is 0 Å². The minimum absolute atomic E-state index is 0.0915. The van der Waals surface area contributed by atoms with E-state index in [4.69, 9.17) is 5.73 Å². The van der Waals surface area contributed by atoms with Gasteiger partial charge in [-0.15, -0.1) is 0 Å². The van der Waals surface area contributed by atoms with Crippen molar-refractivity contribution in [1.82, 2.24) is 9.88 Å². The van der Waals surface area contributed by atoms with Crippen LogP contribution in [0.4, 0.5) is 4.79 Å². The van der Waals surface area contributed by atoms with Crippen LogP contribution in [-0.4, -0.2) is 48.0 Å². The molecule has 1 aromatic heterocycles. The lowest BCUT2D eigenvalue weighted by atomic mass is 9.71. The SMILES string of the molecule is CC1(C)C(=O)/C(=C\c2ccccn2)CN(C(=O)S)C1c1ccc(S(C)(=O)=O)cc1.NC(=O)c1ccccc1. The molecule has 1 unspecified atom stereocenters. The standard InChI is InChI=1S/C21H22N2O4S2.C7H7NO/c1-21(2)18(14-7-9-17(10-8-14)29(3,26)27)23(20(25)28)13-15(19(21)24)12-16-6-4-5-11-22-16;8-7(9)6-4-2-1-3-5-6/h4-12,18H,13H2,1-3H3,(H,25,28);1-5H,(H2,8,9)/b15-12-;. The van der Waals surface area contributed by atoms with Crippen molar-refractivity contribution in [3.8, 4) is 0 Å². The average Bonchev–Trinajstić information content (AvgIpc) is 2.87. The highest BCUT2D eigenvalue weighted by atomic mass is 32.2. The van der Waals surface area contributed by atoms with Crippen LogP contribution in [0.1, 0.15) is 41.5 Å². The molecule has 38 heavy (non-hydrogen) atoms. The summed E-state index contributed by atoms with van der Waals surface area (Å²) in [5.74, 6) is -0.471. The Balaban J connectivity index is 0.000000375. The molecule has 2 aromatic carbocycles. The summed E-state index contributed by atoms with van der Waals surface area (Å²) in [4.78, 5) is 42.0. The van der Waals surface area contributed by atoms with E-state index in [1.54, 1.807) is 74.7 Å². The smallest absolute Gasteiger partial charge is 0.279 e. The van der Waals surface area contributed by atoms with Crippen molar-refractivity contribution in [2.45, 2.75) is 24.8 Å². The second kappa shape index (κ2) is 11.7. The Labute approximate surface area is 227 Å². The van der Waals surface area contributed by atoms with Gasteiger partial charge >= 0.3 is 0 Å².